The lowest BCUT2D eigenvalue weighted by atomic mass is 9.96. The van der Waals surface area contributed by atoms with E-state index in [0.29, 0.717) is 12.0 Å². The molecule has 1 aliphatic heterocycles. The van der Waals surface area contributed by atoms with E-state index in [-0.39, 0.29) is 10.6 Å². The van der Waals surface area contributed by atoms with Crippen molar-refractivity contribution in [2.24, 2.45) is 0 Å². The molecule has 1 heterocycles. The van der Waals surface area contributed by atoms with Gasteiger partial charge in [-0.15, -0.1) is 0 Å². The van der Waals surface area contributed by atoms with Gasteiger partial charge < -0.3 is 10.2 Å². The zero-order valence-electron chi connectivity index (χ0n) is 12.0. The Labute approximate surface area is 129 Å². The SMILES string of the molecule is CN1[C@@H](Cc2cccc(O)c2)[C@@H](O)c2ccccc2S1(=O)=O. The van der Waals surface area contributed by atoms with Crippen LogP contribution in [0.15, 0.2) is 53.4 Å². The molecule has 0 spiro atoms. The Hall–Kier alpha value is -1.89. The summed E-state index contributed by atoms with van der Waals surface area (Å²) in [6.45, 7) is 0. The highest BCUT2D eigenvalue weighted by Crippen LogP contribution is 2.37. The van der Waals surface area contributed by atoms with Gasteiger partial charge in [0.05, 0.1) is 17.0 Å². The van der Waals surface area contributed by atoms with Crippen molar-refractivity contribution in [3.8, 4) is 5.75 Å². The van der Waals surface area contributed by atoms with E-state index in [1.807, 2.05) is 0 Å². The maximum atomic E-state index is 12.6. The number of sulfonamides is 1. The van der Waals surface area contributed by atoms with Gasteiger partial charge in [-0.3, -0.25) is 0 Å². The lowest BCUT2D eigenvalue weighted by Crippen LogP contribution is -2.46. The van der Waals surface area contributed by atoms with Crippen LogP contribution in [0.1, 0.15) is 17.2 Å². The van der Waals surface area contributed by atoms with Crippen LogP contribution in [-0.4, -0.2) is 36.0 Å². The van der Waals surface area contributed by atoms with Crippen molar-refractivity contribution in [3.63, 3.8) is 0 Å². The lowest BCUT2D eigenvalue weighted by molar-refractivity contribution is 0.0891. The number of fused-ring (bicyclic) bond motifs is 1. The molecule has 0 radical (unpaired) electrons. The zero-order valence-corrected chi connectivity index (χ0v) is 12.9. The highest BCUT2D eigenvalue weighted by molar-refractivity contribution is 7.89. The molecule has 5 nitrogen and oxygen atoms in total. The molecule has 116 valence electrons. The Morgan fingerprint density at radius 1 is 1.14 bits per heavy atom. The second kappa shape index (κ2) is 5.39. The van der Waals surface area contributed by atoms with Gasteiger partial charge in [0, 0.05) is 12.6 Å². The number of hydrogen-bond donors (Lipinski definition) is 2. The number of likely N-dealkylation sites (N-methyl/N-ethyl adjacent to an activating group) is 1. The number of aromatic hydroxyl groups is 1. The van der Waals surface area contributed by atoms with Crippen molar-refractivity contribution in [2.45, 2.75) is 23.5 Å². The third-order valence-electron chi connectivity index (χ3n) is 4.08. The monoisotopic (exact) mass is 319 g/mol. The molecule has 0 aliphatic carbocycles. The predicted molar refractivity (Wildman–Crippen MR) is 81.9 cm³/mol. The average Bonchev–Trinajstić information content (AvgIpc) is 2.50. The first kappa shape index (κ1) is 15.0. The zero-order chi connectivity index (χ0) is 15.9. The van der Waals surface area contributed by atoms with E-state index in [4.69, 9.17) is 0 Å². The molecule has 0 saturated carbocycles. The maximum absolute atomic E-state index is 12.6. The summed E-state index contributed by atoms with van der Waals surface area (Å²) in [4.78, 5) is 0.150. The third-order valence-corrected chi connectivity index (χ3v) is 6.04. The Morgan fingerprint density at radius 2 is 1.86 bits per heavy atom. The van der Waals surface area contributed by atoms with Gasteiger partial charge in [0.25, 0.3) is 0 Å². The Bertz CT molecular complexity index is 803. The Kier molecular flexibility index (Phi) is 3.68. The van der Waals surface area contributed by atoms with Crippen LogP contribution in [0, 0.1) is 0 Å². The fourth-order valence-corrected chi connectivity index (χ4v) is 4.46. The van der Waals surface area contributed by atoms with Crippen LogP contribution in [0.3, 0.4) is 0 Å². The van der Waals surface area contributed by atoms with Crippen LogP contribution in [0.2, 0.25) is 0 Å². The molecule has 0 fully saturated rings. The van der Waals surface area contributed by atoms with Crippen molar-refractivity contribution in [3.05, 3.63) is 59.7 Å². The summed E-state index contributed by atoms with van der Waals surface area (Å²) in [6, 6.07) is 12.5. The maximum Gasteiger partial charge on any atom is 0.243 e. The number of rotatable bonds is 2. The molecule has 2 aromatic carbocycles. The van der Waals surface area contributed by atoms with Crippen LogP contribution in [0.25, 0.3) is 0 Å². The van der Waals surface area contributed by atoms with E-state index in [1.54, 1.807) is 42.5 Å². The van der Waals surface area contributed by atoms with Crippen molar-refractivity contribution in [1.29, 1.82) is 0 Å². The van der Waals surface area contributed by atoms with Crippen molar-refractivity contribution < 1.29 is 18.6 Å². The summed E-state index contributed by atoms with van der Waals surface area (Å²) in [5, 5.41) is 20.1. The van der Waals surface area contributed by atoms with Crippen molar-refractivity contribution >= 4 is 10.0 Å². The number of aliphatic hydroxyl groups is 1. The number of phenolic OH excluding ortho intramolecular Hbond substituents is 1. The van der Waals surface area contributed by atoms with Gasteiger partial charge in [-0.05, 0) is 30.2 Å². The van der Waals surface area contributed by atoms with Gasteiger partial charge >= 0.3 is 0 Å². The molecule has 0 saturated heterocycles. The molecule has 2 N–H and O–H groups in total. The summed E-state index contributed by atoms with van der Waals surface area (Å²) in [5.74, 6) is 0.119. The summed E-state index contributed by atoms with van der Waals surface area (Å²) >= 11 is 0. The number of aliphatic hydroxyl groups excluding tert-OH is 1. The van der Waals surface area contributed by atoms with Gasteiger partial charge in [0.15, 0.2) is 0 Å². The molecule has 0 aromatic heterocycles. The molecule has 3 rings (SSSR count). The largest absolute Gasteiger partial charge is 0.508 e. The Balaban J connectivity index is 2.03. The number of phenols is 1. The fraction of sp³-hybridized carbons (Fsp3) is 0.250. The molecule has 0 unspecified atom stereocenters. The lowest BCUT2D eigenvalue weighted by Gasteiger charge is -2.37. The normalized spacial score (nSPS) is 23.9. The minimum Gasteiger partial charge on any atom is -0.508 e. The van der Waals surface area contributed by atoms with Gasteiger partial charge in [-0.1, -0.05) is 30.3 Å². The molecule has 0 amide bonds. The molecule has 0 bridgehead atoms. The van der Waals surface area contributed by atoms with E-state index < -0.39 is 22.2 Å². The molecule has 22 heavy (non-hydrogen) atoms. The smallest absolute Gasteiger partial charge is 0.243 e. The predicted octanol–water partition coefficient (Wildman–Crippen LogP) is 1.67. The van der Waals surface area contributed by atoms with Crippen LogP contribution < -0.4 is 0 Å². The number of benzene rings is 2. The van der Waals surface area contributed by atoms with Gasteiger partial charge in [0.1, 0.15) is 5.75 Å². The van der Waals surface area contributed by atoms with E-state index in [0.717, 1.165) is 5.56 Å². The first-order valence-electron chi connectivity index (χ1n) is 6.94. The molecule has 2 aromatic rings. The number of hydrogen-bond acceptors (Lipinski definition) is 4. The summed E-state index contributed by atoms with van der Waals surface area (Å²) < 4.78 is 26.4. The van der Waals surface area contributed by atoms with Crippen molar-refractivity contribution in [2.75, 3.05) is 7.05 Å². The minimum atomic E-state index is -3.62. The van der Waals surface area contributed by atoms with Crippen LogP contribution >= 0.6 is 0 Å². The second-order valence-corrected chi connectivity index (χ2v) is 7.41. The van der Waals surface area contributed by atoms with E-state index in [9.17, 15) is 18.6 Å². The van der Waals surface area contributed by atoms with Crippen LogP contribution in [-0.2, 0) is 16.4 Å². The standard InChI is InChI=1S/C16H17NO4S/c1-17-14(10-11-5-4-6-12(18)9-11)16(19)13-7-2-3-8-15(13)22(17,20)21/h2-9,14,16,18-19H,10H2,1H3/t14-,16-/m0/s1. The topological polar surface area (TPSA) is 77.8 Å². The summed E-state index contributed by atoms with van der Waals surface area (Å²) in [7, 11) is -2.15. The quantitative estimate of drug-likeness (QED) is 0.883. The minimum absolute atomic E-state index is 0.119. The number of nitrogens with zero attached hydrogens (tertiary/aromatic N) is 1. The van der Waals surface area contributed by atoms with Gasteiger partial charge in [-0.2, -0.15) is 4.31 Å². The highest BCUT2D eigenvalue weighted by Gasteiger charge is 2.41. The van der Waals surface area contributed by atoms with Gasteiger partial charge in [-0.25, -0.2) is 8.42 Å². The molecule has 2 atom stereocenters. The highest BCUT2D eigenvalue weighted by atomic mass is 32.2. The van der Waals surface area contributed by atoms with E-state index >= 15 is 0 Å². The molecular weight excluding hydrogens is 302 g/mol. The molecular formula is C16H17NO4S. The summed E-state index contributed by atoms with van der Waals surface area (Å²) in [5.41, 5.74) is 1.19. The summed E-state index contributed by atoms with van der Waals surface area (Å²) in [6.07, 6.45) is -0.591. The van der Waals surface area contributed by atoms with Crippen LogP contribution in [0.4, 0.5) is 0 Å². The van der Waals surface area contributed by atoms with E-state index in [2.05, 4.69) is 0 Å². The first-order chi connectivity index (χ1) is 10.4. The van der Waals surface area contributed by atoms with Crippen LogP contribution in [0.5, 0.6) is 5.75 Å². The van der Waals surface area contributed by atoms with Crippen molar-refractivity contribution in [1.82, 2.24) is 4.31 Å². The fourth-order valence-electron chi connectivity index (χ4n) is 2.86. The Morgan fingerprint density at radius 3 is 2.59 bits per heavy atom. The molecule has 6 heteroatoms. The average molecular weight is 319 g/mol. The van der Waals surface area contributed by atoms with Gasteiger partial charge in [0.2, 0.25) is 10.0 Å². The molecule has 1 aliphatic rings. The first-order valence-corrected chi connectivity index (χ1v) is 8.38. The van der Waals surface area contributed by atoms with E-state index in [1.165, 1.54) is 17.4 Å². The third kappa shape index (κ3) is 2.39. The second-order valence-electron chi connectivity index (χ2n) is 5.45.